The van der Waals surface area contributed by atoms with E-state index in [0.29, 0.717) is 28.2 Å². The van der Waals surface area contributed by atoms with Crippen LogP contribution in [0.15, 0.2) is 58.3 Å². The average molecular weight is 395 g/mol. The van der Waals surface area contributed by atoms with Gasteiger partial charge in [0.25, 0.3) is 0 Å². The third-order valence-electron chi connectivity index (χ3n) is 4.02. The van der Waals surface area contributed by atoms with Crippen molar-refractivity contribution in [1.82, 2.24) is 19.8 Å². The van der Waals surface area contributed by atoms with Crippen LogP contribution in [0.25, 0.3) is 16.9 Å². The molecule has 1 N–H and O–H groups in total. The van der Waals surface area contributed by atoms with Crippen molar-refractivity contribution in [2.75, 3.05) is 17.9 Å². The molecule has 9 nitrogen and oxygen atoms in total. The molecular weight excluding hydrogens is 382 g/mol. The second-order valence-corrected chi connectivity index (χ2v) is 6.80. The van der Waals surface area contributed by atoms with E-state index in [4.69, 9.17) is 13.9 Å². The van der Waals surface area contributed by atoms with Gasteiger partial charge in [-0.2, -0.15) is 9.61 Å². The molecule has 28 heavy (non-hydrogen) atoms. The number of hydrogen-bond donors (Lipinski definition) is 1. The van der Waals surface area contributed by atoms with Crippen LogP contribution in [0, 0.1) is 0 Å². The van der Waals surface area contributed by atoms with Crippen LogP contribution in [-0.2, 0) is 4.79 Å². The first-order chi connectivity index (χ1) is 13.8. The molecule has 0 radical (unpaired) electrons. The number of carbonyl (C=O) groups excluding carboxylic acids is 1. The first kappa shape index (κ1) is 16.6. The topological polar surface area (TPSA) is 104 Å². The van der Waals surface area contributed by atoms with E-state index in [0.717, 1.165) is 11.3 Å². The molecular formula is C18H13N5O4S. The predicted molar refractivity (Wildman–Crippen MR) is 100 cm³/mol. The molecule has 0 saturated heterocycles. The first-order valence-corrected chi connectivity index (χ1v) is 9.33. The number of benzene rings is 1. The number of rotatable bonds is 5. The lowest BCUT2D eigenvalue weighted by atomic mass is 10.1. The highest BCUT2D eigenvalue weighted by molar-refractivity contribution is 7.99. The number of fused-ring (bicyclic) bond motifs is 2. The smallest absolute Gasteiger partial charge is 0.237 e. The Hall–Kier alpha value is -3.53. The Kier molecular flexibility index (Phi) is 4.09. The molecule has 140 valence electrons. The molecule has 4 heterocycles. The molecule has 0 aliphatic carbocycles. The molecule has 1 aromatic carbocycles. The van der Waals surface area contributed by atoms with Crippen molar-refractivity contribution >= 4 is 29.2 Å². The summed E-state index contributed by atoms with van der Waals surface area (Å²) in [4.78, 5) is 12.0. The SMILES string of the molecule is O=C(CSc1nnc2ccc(-c3ccc4c(c3)OCO4)nn12)Nc1ccco1. The zero-order valence-electron chi connectivity index (χ0n) is 14.4. The van der Waals surface area contributed by atoms with Gasteiger partial charge in [-0.05, 0) is 36.4 Å². The minimum Gasteiger partial charge on any atom is -0.454 e. The Labute approximate surface area is 162 Å². The molecule has 4 aromatic rings. The summed E-state index contributed by atoms with van der Waals surface area (Å²) in [6, 6.07) is 12.7. The summed E-state index contributed by atoms with van der Waals surface area (Å²) in [6.07, 6.45) is 1.50. The van der Waals surface area contributed by atoms with Gasteiger partial charge < -0.3 is 13.9 Å². The summed E-state index contributed by atoms with van der Waals surface area (Å²) in [5, 5.41) is 16.0. The van der Waals surface area contributed by atoms with Gasteiger partial charge in [-0.15, -0.1) is 10.2 Å². The Bertz CT molecular complexity index is 1160. The fourth-order valence-corrected chi connectivity index (χ4v) is 3.41. The van der Waals surface area contributed by atoms with Gasteiger partial charge in [0.1, 0.15) is 0 Å². The summed E-state index contributed by atoms with van der Waals surface area (Å²) >= 11 is 1.24. The second kappa shape index (κ2) is 6.89. The average Bonchev–Trinajstić information content (AvgIpc) is 3.46. The maximum atomic E-state index is 12.0. The van der Waals surface area contributed by atoms with Crippen LogP contribution in [0.3, 0.4) is 0 Å². The molecule has 1 aliphatic rings. The van der Waals surface area contributed by atoms with Crippen LogP contribution in [0.4, 0.5) is 5.88 Å². The Morgan fingerprint density at radius 3 is 2.96 bits per heavy atom. The number of furan rings is 1. The van der Waals surface area contributed by atoms with E-state index in [9.17, 15) is 4.79 Å². The predicted octanol–water partition coefficient (Wildman–Crippen LogP) is 2.84. The van der Waals surface area contributed by atoms with Gasteiger partial charge in [0.05, 0.1) is 17.7 Å². The van der Waals surface area contributed by atoms with Crippen LogP contribution >= 0.6 is 11.8 Å². The van der Waals surface area contributed by atoms with Gasteiger partial charge in [0.15, 0.2) is 23.0 Å². The van der Waals surface area contributed by atoms with E-state index in [1.165, 1.54) is 18.0 Å². The van der Waals surface area contributed by atoms with Crippen molar-refractivity contribution < 1.29 is 18.7 Å². The lowest BCUT2D eigenvalue weighted by Gasteiger charge is -2.04. The summed E-state index contributed by atoms with van der Waals surface area (Å²) in [5.74, 6) is 1.75. The highest BCUT2D eigenvalue weighted by Crippen LogP contribution is 2.35. The number of hydrogen-bond acceptors (Lipinski definition) is 8. The summed E-state index contributed by atoms with van der Waals surface area (Å²) in [5.41, 5.74) is 2.21. The number of ether oxygens (including phenoxy) is 2. The molecule has 3 aromatic heterocycles. The minimum atomic E-state index is -0.205. The van der Waals surface area contributed by atoms with Gasteiger partial charge in [0.2, 0.25) is 17.9 Å². The Balaban J connectivity index is 1.37. The third-order valence-corrected chi connectivity index (χ3v) is 4.94. The van der Waals surface area contributed by atoms with Crippen molar-refractivity contribution in [2.45, 2.75) is 5.16 Å². The minimum absolute atomic E-state index is 0.150. The standard InChI is InChI=1S/C18H13N5O4S/c24-16(19-17-2-1-7-25-17)9-28-18-21-20-15-6-4-12(22-23(15)18)11-3-5-13-14(8-11)27-10-26-13/h1-8H,9-10H2,(H,19,24). The molecule has 5 rings (SSSR count). The Morgan fingerprint density at radius 1 is 1.14 bits per heavy atom. The van der Waals surface area contributed by atoms with E-state index >= 15 is 0 Å². The fourth-order valence-electron chi connectivity index (χ4n) is 2.72. The number of anilines is 1. The van der Waals surface area contributed by atoms with Crippen molar-refractivity contribution in [2.24, 2.45) is 0 Å². The van der Waals surface area contributed by atoms with Gasteiger partial charge in [-0.1, -0.05) is 11.8 Å². The number of nitrogens with zero attached hydrogens (tertiary/aromatic N) is 4. The molecule has 0 saturated carbocycles. The molecule has 0 bridgehead atoms. The van der Waals surface area contributed by atoms with Crippen LogP contribution in [-0.4, -0.2) is 38.3 Å². The van der Waals surface area contributed by atoms with Crippen LogP contribution in [0.1, 0.15) is 0 Å². The largest absolute Gasteiger partial charge is 0.454 e. The monoisotopic (exact) mass is 395 g/mol. The van der Waals surface area contributed by atoms with Crippen molar-refractivity contribution in [3.8, 4) is 22.8 Å². The summed E-state index contributed by atoms with van der Waals surface area (Å²) in [7, 11) is 0. The molecule has 0 fully saturated rings. The van der Waals surface area contributed by atoms with E-state index in [2.05, 4.69) is 20.6 Å². The lowest BCUT2D eigenvalue weighted by Crippen LogP contribution is -2.13. The zero-order chi connectivity index (χ0) is 18.9. The Morgan fingerprint density at radius 2 is 2.07 bits per heavy atom. The number of aromatic nitrogens is 4. The van der Waals surface area contributed by atoms with Crippen LogP contribution < -0.4 is 14.8 Å². The highest BCUT2D eigenvalue weighted by Gasteiger charge is 2.16. The lowest BCUT2D eigenvalue weighted by molar-refractivity contribution is -0.113. The molecule has 0 atom stereocenters. The molecule has 10 heteroatoms. The first-order valence-electron chi connectivity index (χ1n) is 8.35. The maximum Gasteiger partial charge on any atom is 0.237 e. The highest BCUT2D eigenvalue weighted by atomic mass is 32.2. The second-order valence-electron chi connectivity index (χ2n) is 5.85. The molecule has 1 amide bonds. The normalized spacial score (nSPS) is 12.4. The van der Waals surface area contributed by atoms with Crippen LogP contribution in [0.5, 0.6) is 11.5 Å². The van der Waals surface area contributed by atoms with E-state index in [1.54, 1.807) is 16.6 Å². The van der Waals surface area contributed by atoms with Crippen molar-refractivity contribution in [3.63, 3.8) is 0 Å². The van der Waals surface area contributed by atoms with Gasteiger partial charge in [-0.3, -0.25) is 10.1 Å². The van der Waals surface area contributed by atoms with Crippen LogP contribution in [0.2, 0.25) is 0 Å². The molecule has 0 unspecified atom stereocenters. The summed E-state index contributed by atoms with van der Waals surface area (Å²) < 4.78 is 17.5. The van der Waals surface area contributed by atoms with Crippen molar-refractivity contribution in [1.29, 1.82) is 0 Å². The molecule has 0 spiro atoms. The number of nitrogens with one attached hydrogen (secondary N) is 1. The maximum absolute atomic E-state index is 12.0. The van der Waals surface area contributed by atoms with Gasteiger partial charge in [-0.25, -0.2) is 0 Å². The zero-order valence-corrected chi connectivity index (χ0v) is 15.2. The quantitative estimate of drug-likeness (QED) is 0.515. The molecule has 1 aliphatic heterocycles. The number of amides is 1. The number of carbonyl (C=O) groups is 1. The van der Waals surface area contributed by atoms with E-state index in [-0.39, 0.29) is 18.5 Å². The van der Waals surface area contributed by atoms with E-state index in [1.807, 2.05) is 30.3 Å². The van der Waals surface area contributed by atoms with Gasteiger partial charge in [0, 0.05) is 11.6 Å². The van der Waals surface area contributed by atoms with Gasteiger partial charge >= 0.3 is 0 Å². The van der Waals surface area contributed by atoms with Crippen molar-refractivity contribution in [3.05, 3.63) is 48.7 Å². The number of thioether (sulfide) groups is 1. The van der Waals surface area contributed by atoms with E-state index < -0.39 is 0 Å². The third kappa shape index (κ3) is 3.14. The fraction of sp³-hybridized carbons (Fsp3) is 0.111. The summed E-state index contributed by atoms with van der Waals surface area (Å²) in [6.45, 7) is 0.220.